The van der Waals surface area contributed by atoms with Crippen molar-refractivity contribution in [3.63, 3.8) is 0 Å². The number of hydrogen-bond donors (Lipinski definition) is 3. The third-order valence-electron chi connectivity index (χ3n) is 3.24. The van der Waals surface area contributed by atoms with E-state index in [9.17, 15) is 4.79 Å². The van der Waals surface area contributed by atoms with Gasteiger partial charge in [0.1, 0.15) is 5.41 Å². The second-order valence-electron chi connectivity index (χ2n) is 4.60. The van der Waals surface area contributed by atoms with E-state index in [-0.39, 0.29) is 11.7 Å². The van der Waals surface area contributed by atoms with Crippen molar-refractivity contribution in [2.24, 2.45) is 23.4 Å². The number of amides is 1. The fourth-order valence-corrected chi connectivity index (χ4v) is 1.91. The summed E-state index contributed by atoms with van der Waals surface area (Å²) in [4.78, 5) is 11.9. The number of aromatic nitrogens is 2. The molecule has 18 heavy (non-hydrogen) atoms. The molecule has 0 unspecified atom stereocenters. The van der Waals surface area contributed by atoms with E-state index < -0.39 is 5.41 Å². The lowest BCUT2D eigenvalue weighted by Crippen LogP contribution is -2.41. The van der Waals surface area contributed by atoms with E-state index in [0.29, 0.717) is 25.8 Å². The molecule has 1 saturated carbocycles. The summed E-state index contributed by atoms with van der Waals surface area (Å²) in [7, 11) is 1.85. The number of hydrogen-bond acceptors (Lipinski definition) is 4. The summed E-state index contributed by atoms with van der Waals surface area (Å²) < 4.78 is 1.72. The Morgan fingerprint density at radius 2 is 2.44 bits per heavy atom. The molecule has 1 aromatic rings. The molecule has 1 heterocycles. The number of rotatable bonds is 5. The number of carbonyl (C=O) groups is 1. The summed E-state index contributed by atoms with van der Waals surface area (Å²) in [5.41, 5.74) is 5.81. The molecule has 1 fully saturated rings. The number of carbonyl (C=O) groups excluding carboxylic acids is 1. The molecule has 0 saturated heterocycles. The Morgan fingerprint density at radius 3 is 2.94 bits per heavy atom. The third-order valence-corrected chi connectivity index (χ3v) is 3.24. The van der Waals surface area contributed by atoms with Gasteiger partial charge in [0.25, 0.3) is 0 Å². The van der Waals surface area contributed by atoms with Crippen LogP contribution >= 0.6 is 0 Å². The standard InChI is InChI=1S/C11H17N5O2/c1-16-7-8(6-14-16)2-5-13-10(17)11(3-4-11)9(12)15-18/h6-7,18H,2-5H2,1H3,(H2,12,15)(H,13,17). The van der Waals surface area contributed by atoms with Crippen LogP contribution < -0.4 is 11.1 Å². The molecule has 0 aromatic carbocycles. The highest BCUT2D eigenvalue weighted by Crippen LogP contribution is 2.45. The molecule has 0 aliphatic heterocycles. The van der Waals surface area contributed by atoms with Crippen LogP contribution in [0.15, 0.2) is 17.5 Å². The lowest BCUT2D eigenvalue weighted by molar-refractivity contribution is -0.124. The number of nitrogens with one attached hydrogen (secondary N) is 1. The molecule has 4 N–H and O–H groups in total. The highest BCUT2D eigenvalue weighted by molar-refractivity contribution is 6.09. The number of aryl methyl sites for hydroxylation is 1. The lowest BCUT2D eigenvalue weighted by Gasteiger charge is -2.13. The maximum Gasteiger partial charge on any atom is 0.233 e. The second-order valence-corrected chi connectivity index (χ2v) is 4.60. The predicted octanol–water partition coefficient (Wildman–Crippen LogP) is -0.395. The minimum absolute atomic E-state index is 0.00128. The van der Waals surface area contributed by atoms with Gasteiger partial charge in [-0.05, 0) is 24.8 Å². The summed E-state index contributed by atoms with van der Waals surface area (Å²) in [6.07, 6.45) is 5.67. The van der Waals surface area contributed by atoms with Gasteiger partial charge in [0.2, 0.25) is 5.91 Å². The summed E-state index contributed by atoms with van der Waals surface area (Å²) in [6, 6.07) is 0. The zero-order chi connectivity index (χ0) is 13.2. The monoisotopic (exact) mass is 251 g/mol. The van der Waals surface area contributed by atoms with Gasteiger partial charge in [-0.15, -0.1) is 0 Å². The van der Waals surface area contributed by atoms with Gasteiger partial charge in [-0.2, -0.15) is 5.10 Å². The average molecular weight is 251 g/mol. The van der Waals surface area contributed by atoms with E-state index in [2.05, 4.69) is 15.6 Å². The van der Waals surface area contributed by atoms with Crippen LogP contribution in [0.1, 0.15) is 18.4 Å². The fourth-order valence-electron chi connectivity index (χ4n) is 1.91. The molecule has 98 valence electrons. The molecule has 2 rings (SSSR count). The first-order valence-corrected chi connectivity index (χ1v) is 5.82. The van der Waals surface area contributed by atoms with Crippen molar-refractivity contribution in [2.45, 2.75) is 19.3 Å². The van der Waals surface area contributed by atoms with Gasteiger partial charge in [-0.25, -0.2) is 0 Å². The number of nitrogens with zero attached hydrogens (tertiary/aromatic N) is 3. The number of nitrogens with two attached hydrogens (primary N) is 1. The lowest BCUT2D eigenvalue weighted by atomic mass is 10.1. The molecular formula is C11H17N5O2. The Hall–Kier alpha value is -2.05. The van der Waals surface area contributed by atoms with Crippen molar-refractivity contribution < 1.29 is 10.0 Å². The molecule has 0 spiro atoms. The molecule has 0 bridgehead atoms. The highest BCUT2D eigenvalue weighted by Gasteiger charge is 2.54. The van der Waals surface area contributed by atoms with Crippen LogP contribution in [0.25, 0.3) is 0 Å². The molecule has 1 amide bonds. The Balaban J connectivity index is 1.82. The Kier molecular flexibility index (Phi) is 3.22. The maximum atomic E-state index is 11.9. The molecule has 1 aliphatic rings. The van der Waals surface area contributed by atoms with E-state index in [4.69, 9.17) is 10.9 Å². The Labute approximate surface area is 105 Å². The van der Waals surface area contributed by atoms with Crippen LogP contribution in [-0.2, 0) is 18.3 Å². The van der Waals surface area contributed by atoms with Gasteiger partial charge >= 0.3 is 0 Å². The van der Waals surface area contributed by atoms with Gasteiger partial charge in [0.05, 0.1) is 6.20 Å². The number of oxime groups is 1. The topological polar surface area (TPSA) is 106 Å². The molecule has 7 nitrogen and oxygen atoms in total. The molecular weight excluding hydrogens is 234 g/mol. The Bertz CT molecular complexity index is 476. The zero-order valence-corrected chi connectivity index (χ0v) is 10.3. The molecule has 0 radical (unpaired) electrons. The van der Waals surface area contributed by atoms with Gasteiger partial charge in [-0.1, -0.05) is 5.16 Å². The first kappa shape index (κ1) is 12.4. The molecule has 0 atom stereocenters. The van der Waals surface area contributed by atoms with Gasteiger partial charge in [0, 0.05) is 19.8 Å². The van der Waals surface area contributed by atoms with Gasteiger partial charge in [-0.3, -0.25) is 9.48 Å². The number of amidine groups is 1. The summed E-state index contributed by atoms with van der Waals surface area (Å²) in [5.74, 6) is -0.164. The first-order valence-electron chi connectivity index (χ1n) is 5.82. The van der Waals surface area contributed by atoms with Crippen molar-refractivity contribution in [1.29, 1.82) is 0 Å². The van der Waals surface area contributed by atoms with Gasteiger partial charge in [0.15, 0.2) is 5.84 Å². The SMILES string of the molecule is Cn1cc(CCNC(=O)C2(/C(N)=N/O)CC2)cn1. The van der Waals surface area contributed by atoms with Crippen LogP contribution in [-0.4, -0.2) is 33.3 Å². The molecule has 7 heteroatoms. The normalized spacial score (nSPS) is 17.5. The van der Waals surface area contributed by atoms with Crippen molar-refractivity contribution in [2.75, 3.05) is 6.54 Å². The molecule has 1 aromatic heterocycles. The van der Waals surface area contributed by atoms with Crippen LogP contribution in [0.4, 0.5) is 0 Å². The van der Waals surface area contributed by atoms with Gasteiger partial charge < -0.3 is 16.3 Å². The smallest absolute Gasteiger partial charge is 0.233 e. The van der Waals surface area contributed by atoms with E-state index in [1.54, 1.807) is 10.9 Å². The van der Waals surface area contributed by atoms with Crippen LogP contribution in [0, 0.1) is 5.41 Å². The van der Waals surface area contributed by atoms with Crippen LogP contribution in [0.3, 0.4) is 0 Å². The van der Waals surface area contributed by atoms with Crippen molar-refractivity contribution in [3.8, 4) is 0 Å². The van der Waals surface area contributed by atoms with Crippen molar-refractivity contribution in [1.82, 2.24) is 15.1 Å². The van der Waals surface area contributed by atoms with Crippen LogP contribution in [0.5, 0.6) is 0 Å². The Morgan fingerprint density at radius 1 is 1.72 bits per heavy atom. The molecule has 1 aliphatic carbocycles. The summed E-state index contributed by atoms with van der Waals surface area (Å²) in [5, 5.41) is 18.4. The van der Waals surface area contributed by atoms with E-state index in [1.165, 1.54) is 0 Å². The average Bonchev–Trinajstić information content (AvgIpc) is 3.07. The maximum absolute atomic E-state index is 11.9. The zero-order valence-electron chi connectivity index (χ0n) is 10.3. The van der Waals surface area contributed by atoms with Crippen molar-refractivity contribution in [3.05, 3.63) is 18.0 Å². The van der Waals surface area contributed by atoms with E-state index in [0.717, 1.165) is 5.56 Å². The van der Waals surface area contributed by atoms with E-state index >= 15 is 0 Å². The van der Waals surface area contributed by atoms with E-state index in [1.807, 2.05) is 13.2 Å². The summed E-state index contributed by atoms with van der Waals surface area (Å²) >= 11 is 0. The second kappa shape index (κ2) is 4.67. The predicted molar refractivity (Wildman–Crippen MR) is 65.0 cm³/mol. The largest absolute Gasteiger partial charge is 0.409 e. The summed E-state index contributed by atoms with van der Waals surface area (Å²) in [6.45, 7) is 0.519. The van der Waals surface area contributed by atoms with Crippen molar-refractivity contribution >= 4 is 11.7 Å². The first-order chi connectivity index (χ1) is 8.58. The quantitative estimate of drug-likeness (QED) is 0.287. The fraction of sp³-hybridized carbons (Fsp3) is 0.545. The minimum Gasteiger partial charge on any atom is -0.409 e. The minimum atomic E-state index is -0.774. The van der Waals surface area contributed by atoms with Crippen LogP contribution in [0.2, 0.25) is 0 Å². The highest BCUT2D eigenvalue weighted by atomic mass is 16.4. The third kappa shape index (κ3) is 2.29.